The minimum atomic E-state index is 0.0782. The van der Waals surface area contributed by atoms with Crippen molar-refractivity contribution in [3.8, 4) is 0 Å². The number of nitrogens with zero attached hydrogens (tertiary/aromatic N) is 2. The van der Waals surface area contributed by atoms with Crippen LogP contribution < -0.4 is 0 Å². The predicted octanol–water partition coefficient (Wildman–Crippen LogP) is 3.27. The maximum Gasteiger partial charge on any atom is 0.0702 e. The van der Waals surface area contributed by atoms with Crippen LogP contribution in [0.4, 0.5) is 0 Å². The highest BCUT2D eigenvalue weighted by molar-refractivity contribution is 6.31. The molecule has 2 aromatic rings. The van der Waals surface area contributed by atoms with E-state index in [-0.39, 0.29) is 6.61 Å². The maximum atomic E-state index is 9.48. The summed E-state index contributed by atoms with van der Waals surface area (Å²) in [5.74, 6) is 0. The highest BCUT2D eigenvalue weighted by Crippen LogP contribution is 2.25. The van der Waals surface area contributed by atoms with Crippen LogP contribution in [0.1, 0.15) is 24.8 Å². The molecule has 1 aromatic carbocycles. The van der Waals surface area contributed by atoms with Crippen LogP contribution in [0.2, 0.25) is 5.02 Å². The Balaban J connectivity index is 1.81. The molecule has 0 saturated carbocycles. The monoisotopic (exact) mass is 292 g/mol. The minimum absolute atomic E-state index is 0.0782. The number of aromatic nitrogens is 1. The smallest absolute Gasteiger partial charge is 0.0702 e. The van der Waals surface area contributed by atoms with Crippen LogP contribution in [0.25, 0.3) is 10.9 Å². The molecule has 108 valence electrons. The SMILES string of the molecule is OCc1cn(CCN2CCCCC2)c2cc(Cl)ccc12. The van der Waals surface area contributed by atoms with Gasteiger partial charge in [-0.25, -0.2) is 0 Å². The lowest BCUT2D eigenvalue weighted by Gasteiger charge is -2.26. The fourth-order valence-electron chi connectivity index (χ4n) is 3.08. The lowest BCUT2D eigenvalue weighted by atomic mass is 10.1. The van der Waals surface area contributed by atoms with Crippen molar-refractivity contribution in [2.75, 3.05) is 19.6 Å². The Kier molecular flexibility index (Phi) is 4.29. The first-order valence-corrected chi connectivity index (χ1v) is 7.76. The molecule has 0 amide bonds. The highest BCUT2D eigenvalue weighted by Gasteiger charge is 2.12. The third-order valence-corrected chi connectivity index (χ3v) is 4.44. The molecular formula is C16H21ClN2O. The van der Waals surface area contributed by atoms with E-state index in [1.165, 1.54) is 32.4 Å². The molecule has 0 bridgehead atoms. The van der Waals surface area contributed by atoms with E-state index in [2.05, 4.69) is 15.7 Å². The van der Waals surface area contributed by atoms with E-state index in [9.17, 15) is 5.11 Å². The Bertz CT molecular complexity index is 587. The lowest BCUT2D eigenvalue weighted by Crippen LogP contribution is -2.32. The fraction of sp³-hybridized carbons (Fsp3) is 0.500. The van der Waals surface area contributed by atoms with Crippen molar-refractivity contribution in [2.24, 2.45) is 0 Å². The van der Waals surface area contributed by atoms with E-state index in [0.29, 0.717) is 0 Å². The van der Waals surface area contributed by atoms with Gasteiger partial charge in [0.25, 0.3) is 0 Å². The zero-order valence-corrected chi connectivity index (χ0v) is 12.4. The van der Waals surface area contributed by atoms with Gasteiger partial charge in [0, 0.05) is 40.8 Å². The Morgan fingerprint density at radius 1 is 1.10 bits per heavy atom. The number of aliphatic hydroxyl groups excluding tert-OH is 1. The Morgan fingerprint density at radius 3 is 2.65 bits per heavy atom. The van der Waals surface area contributed by atoms with E-state index >= 15 is 0 Å². The molecule has 0 atom stereocenters. The van der Waals surface area contributed by atoms with Crippen LogP contribution in [-0.4, -0.2) is 34.2 Å². The van der Waals surface area contributed by atoms with E-state index in [0.717, 1.165) is 34.6 Å². The first-order chi connectivity index (χ1) is 9.78. The predicted molar refractivity (Wildman–Crippen MR) is 83.2 cm³/mol. The van der Waals surface area contributed by atoms with Gasteiger partial charge in [0.15, 0.2) is 0 Å². The molecule has 20 heavy (non-hydrogen) atoms. The Hall–Kier alpha value is -1.03. The van der Waals surface area contributed by atoms with Crippen LogP contribution >= 0.6 is 11.6 Å². The van der Waals surface area contributed by atoms with Crippen molar-refractivity contribution in [3.05, 3.63) is 35.0 Å². The highest BCUT2D eigenvalue weighted by atomic mass is 35.5. The van der Waals surface area contributed by atoms with E-state index in [1.54, 1.807) is 0 Å². The normalized spacial score (nSPS) is 16.9. The Labute approximate surface area is 124 Å². The van der Waals surface area contributed by atoms with Crippen molar-refractivity contribution in [1.82, 2.24) is 9.47 Å². The van der Waals surface area contributed by atoms with E-state index in [4.69, 9.17) is 11.6 Å². The minimum Gasteiger partial charge on any atom is -0.392 e. The largest absolute Gasteiger partial charge is 0.392 e. The molecule has 3 nitrogen and oxygen atoms in total. The number of aliphatic hydroxyl groups is 1. The number of hydrogen-bond donors (Lipinski definition) is 1. The van der Waals surface area contributed by atoms with Gasteiger partial charge >= 0.3 is 0 Å². The number of fused-ring (bicyclic) bond motifs is 1. The lowest BCUT2D eigenvalue weighted by molar-refractivity contribution is 0.221. The first kappa shape index (κ1) is 13.9. The number of rotatable bonds is 4. The summed E-state index contributed by atoms with van der Waals surface area (Å²) in [7, 11) is 0. The summed E-state index contributed by atoms with van der Waals surface area (Å²) in [5, 5.41) is 11.3. The van der Waals surface area contributed by atoms with Crippen molar-refractivity contribution in [1.29, 1.82) is 0 Å². The van der Waals surface area contributed by atoms with Crippen molar-refractivity contribution in [2.45, 2.75) is 32.4 Å². The molecule has 1 aliphatic rings. The standard InChI is InChI=1S/C16H21ClN2O/c17-14-4-5-15-13(12-20)11-19(16(15)10-14)9-8-18-6-2-1-3-7-18/h4-5,10-11,20H,1-3,6-9,12H2. The topological polar surface area (TPSA) is 28.4 Å². The average Bonchev–Trinajstić information content (AvgIpc) is 2.83. The summed E-state index contributed by atoms with van der Waals surface area (Å²) in [6.45, 7) is 4.53. The van der Waals surface area contributed by atoms with Gasteiger partial charge in [-0.3, -0.25) is 0 Å². The van der Waals surface area contributed by atoms with Gasteiger partial charge in [0.05, 0.1) is 6.61 Å². The molecule has 0 unspecified atom stereocenters. The summed E-state index contributed by atoms with van der Waals surface area (Å²) in [6.07, 6.45) is 6.07. The average molecular weight is 293 g/mol. The van der Waals surface area contributed by atoms with Crippen LogP contribution in [0, 0.1) is 0 Å². The summed E-state index contributed by atoms with van der Waals surface area (Å²) in [6, 6.07) is 5.88. The number of benzene rings is 1. The van der Waals surface area contributed by atoms with Gasteiger partial charge in [-0.15, -0.1) is 0 Å². The number of halogens is 1. The van der Waals surface area contributed by atoms with Crippen LogP contribution in [0.15, 0.2) is 24.4 Å². The summed E-state index contributed by atoms with van der Waals surface area (Å²) in [4.78, 5) is 2.53. The van der Waals surface area contributed by atoms with Gasteiger partial charge in [-0.1, -0.05) is 24.1 Å². The molecule has 0 aliphatic carbocycles. The molecule has 1 N–H and O–H groups in total. The quantitative estimate of drug-likeness (QED) is 0.937. The third kappa shape index (κ3) is 2.85. The molecule has 1 aromatic heterocycles. The van der Waals surface area contributed by atoms with Gasteiger partial charge < -0.3 is 14.6 Å². The van der Waals surface area contributed by atoms with Crippen molar-refractivity contribution >= 4 is 22.5 Å². The zero-order valence-electron chi connectivity index (χ0n) is 11.7. The second-order valence-electron chi connectivity index (χ2n) is 5.57. The van der Waals surface area contributed by atoms with Crippen molar-refractivity contribution < 1.29 is 5.11 Å². The summed E-state index contributed by atoms with van der Waals surface area (Å²) >= 11 is 6.11. The Morgan fingerprint density at radius 2 is 1.90 bits per heavy atom. The number of likely N-dealkylation sites (tertiary alicyclic amines) is 1. The summed E-state index contributed by atoms with van der Waals surface area (Å²) < 4.78 is 2.22. The van der Waals surface area contributed by atoms with Crippen molar-refractivity contribution in [3.63, 3.8) is 0 Å². The fourth-order valence-corrected chi connectivity index (χ4v) is 3.25. The first-order valence-electron chi connectivity index (χ1n) is 7.38. The molecular weight excluding hydrogens is 272 g/mol. The van der Waals surface area contributed by atoms with Gasteiger partial charge in [0.1, 0.15) is 0 Å². The van der Waals surface area contributed by atoms with E-state index in [1.807, 2.05) is 18.2 Å². The van der Waals surface area contributed by atoms with Crippen LogP contribution in [-0.2, 0) is 13.2 Å². The molecule has 3 rings (SSSR count). The molecule has 0 spiro atoms. The third-order valence-electron chi connectivity index (χ3n) is 4.20. The molecule has 0 radical (unpaired) electrons. The molecule has 1 aliphatic heterocycles. The summed E-state index contributed by atoms with van der Waals surface area (Å²) in [5.41, 5.74) is 2.11. The number of hydrogen-bond acceptors (Lipinski definition) is 2. The molecule has 2 heterocycles. The molecule has 1 saturated heterocycles. The second kappa shape index (κ2) is 6.17. The van der Waals surface area contributed by atoms with Gasteiger partial charge in [-0.05, 0) is 38.1 Å². The van der Waals surface area contributed by atoms with Gasteiger partial charge in [-0.2, -0.15) is 0 Å². The molecule has 1 fully saturated rings. The van der Waals surface area contributed by atoms with E-state index < -0.39 is 0 Å². The number of piperidine rings is 1. The maximum absolute atomic E-state index is 9.48. The molecule has 4 heteroatoms. The van der Waals surface area contributed by atoms with Crippen LogP contribution in [0.5, 0.6) is 0 Å². The van der Waals surface area contributed by atoms with Crippen LogP contribution in [0.3, 0.4) is 0 Å². The van der Waals surface area contributed by atoms with Gasteiger partial charge in [0.2, 0.25) is 0 Å². The second-order valence-corrected chi connectivity index (χ2v) is 6.01. The zero-order chi connectivity index (χ0) is 13.9.